The zero-order valence-electron chi connectivity index (χ0n) is 10.3. The van der Waals surface area contributed by atoms with Crippen molar-refractivity contribution in [3.05, 3.63) is 11.8 Å². The standard InChI is InChI=1S/C10H18N4O3/c1-7(10(15)11-4-5-16-3)12-6-9-14-13-8(2)17-9/h7,12H,4-6H2,1-3H3,(H,11,15). The molecule has 0 fully saturated rings. The van der Waals surface area contributed by atoms with Crippen molar-refractivity contribution >= 4 is 5.91 Å². The predicted molar refractivity (Wildman–Crippen MR) is 60.2 cm³/mol. The highest BCUT2D eigenvalue weighted by Crippen LogP contribution is 1.97. The van der Waals surface area contributed by atoms with Crippen molar-refractivity contribution in [1.82, 2.24) is 20.8 Å². The van der Waals surface area contributed by atoms with E-state index < -0.39 is 0 Å². The Morgan fingerprint density at radius 2 is 2.29 bits per heavy atom. The van der Waals surface area contributed by atoms with Gasteiger partial charge in [-0.3, -0.25) is 10.1 Å². The number of rotatable bonds is 7. The maximum absolute atomic E-state index is 11.5. The van der Waals surface area contributed by atoms with Crippen LogP contribution in [0.25, 0.3) is 0 Å². The van der Waals surface area contributed by atoms with Gasteiger partial charge in [0.25, 0.3) is 0 Å². The normalized spacial score (nSPS) is 12.4. The molecular formula is C10H18N4O3. The Kier molecular flexibility index (Phi) is 5.58. The number of aromatic nitrogens is 2. The molecule has 7 heteroatoms. The first-order valence-electron chi connectivity index (χ1n) is 5.42. The Labute approximate surface area is 99.9 Å². The molecule has 2 N–H and O–H groups in total. The minimum absolute atomic E-state index is 0.0849. The quantitative estimate of drug-likeness (QED) is 0.633. The second-order valence-corrected chi connectivity index (χ2v) is 3.60. The van der Waals surface area contributed by atoms with Crippen LogP contribution in [0.3, 0.4) is 0 Å². The molecule has 0 aliphatic heterocycles. The van der Waals surface area contributed by atoms with Crippen molar-refractivity contribution in [2.45, 2.75) is 26.4 Å². The summed E-state index contributed by atoms with van der Waals surface area (Å²) in [5.74, 6) is 0.899. The van der Waals surface area contributed by atoms with Gasteiger partial charge in [0.15, 0.2) is 0 Å². The molecule has 1 heterocycles. The Morgan fingerprint density at radius 1 is 1.53 bits per heavy atom. The van der Waals surface area contributed by atoms with Gasteiger partial charge in [0.05, 0.1) is 19.2 Å². The first-order chi connectivity index (χ1) is 8.13. The molecule has 1 aromatic heterocycles. The summed E-state index contributed by atoms with van der Waals surface area (Å²) in [6.07, 6.45) is 0. The maximum atomic E-state index is 11.5. The van der Waals surface area contributed by atoms with Crippen LogP contribution in [0.4, 0.5) is 0 Å². The van der Waals surface area contributed by atoms with Crippen LogP contribution in [-0.4, -0.2) is 42.4 Å². The number of ether oxygens (including phenoxy) is 1. The van der Waals surface area contributed by atoms with E-state index in [1.54, 1.807) is 21.0 Å². The largest absolute Gasteiger partial charge is 0.424 e. The van der Waals surface area contributed by atoms with Crippen LogP contribution in [0.15, 0.2) is 4.42 Å². The van der Waals surface area contributed by atoms with E-state index in [0.29, 0.717) is 31.5 Å². The van der Waals surface area contributed by atoms with Gasteiger partial charge in [0, 0.05) is 20.6 Å². The molecule has 0 saturated heterocycles. The molecule has 1 atom stereocenters. The minimum atomic E-state index is -0.320. The molecular weight excluding hydrogens is 224 g/mol. The molecule has 0 spiro atoms. The lowest BCUT2D eigenvalue weighted by atomic mass is 10.3. The molecule has 1 unspecified atom stereocenters. The van der Waals surface area contributed by atoms with E-state index in [1.165, 1.54) is 0 Å². The molecule has 0 bridgehead atoms. The molecule has 7 nitrogen and oxygen atoms in total. The summed E-state index contributed by atoms with van der Waals surface area (Å²) in [5, 5.41) is 13.2. The fourth-order valence-corrected chi connectivity index (χ4v) is 1.17. The van der Waals surface area contributed by atoms with Gasteiger partial charge >= 0.3 is 0 Å². The van der Waals surface area contributed by atoms with Crippen LogP contribution in [-0.2, 0) is 16.1 Å². The molecule has 0 saturated carbocycles. The van der Waals surface area contributed by atoms with Gasteiger partial charge in [-0.05, 0) is 6.92 Å². The summed E-state index contributed by atoms with van der Waals surface area (Å²) in [7, 11) is 1.59. The number of nitrogens with zero attached hydrogens (tertiary/aromatic N) is 2. The molecule has 0 aromatic carbocycles. The fraction of sp³-hybridized carbons (Fsp3) is 0.700. The molecule has 1 amide bonds. The third-order valence-electron chi connectivity index (χ3n) is 2.13. The fourth-order valence-electron chi connectivity index (χ4n) is 1.17. The van der Waals surface area contributed by atoms with Gasteiger partial charge in [-0.1, -0.05) is 0 Å². The van der Waals surface area contributed by atoms with Crippen molar-refractivity contribution in [3.8, 4) is 0 Å². The van der Waals surface area contributed by atoms with Gasteiger partial charge in [-0.25, -0.2) is 0 Å². The summed E-state index contributed by atoms with van der Waals surface area (Å²) < 4.78 is 10.0. The predicted octanol–water partition coefficient (Wildman–Crippen LogP) is -0.381. The monoisotopic (exact) mass is 242 g/mol. The molecule has 1 rings (SSSR count). The molecule has 96 valence electrons. The van der Waals surface area contributed by atoms with Gasteiger partial charge in [0.1, 0.15) is 0 Å². The second kappa shape index (κ2) is 6.97. The average Bonchev–Trinajstić information content (AvgIpc) is 2.72. The molecule has 0 aliphatic rings. The van der Waals surface area contributed by atoms with Crippen molar-refractivity contribution in [3.63, 3.8) is 0 Å². The smallest absolute Gasteiger partial charge is 0.236 e. The van der Waals surface area contributed by atoms with E-state index in [-0.39, 0.29) is 11.9 Å². The lowest BCUT2D eigenvalue weighted by Gasteiger charge is -2.12. The van der Waals surface area contributed by atoms with E-state index in [2.05, 4.69) is 20.8 Å². The van der Waals surface area contributed by atoms with Crippen LogP contribution < -0.4 is 10.6 Å². The van der Waals surface area contributed by atoms with Gasteiger partial charge in [-0.2, -0.15) is 0 Å². The number of amides is 1. The Bertz CT molecular complexity index is 353. The zero-order valence-corrected chi connectivity index (χ0v) is 10.3. The maximum Gasteiger partial charge on any atom is 0.236 e. The lowest BCUT2D eigenvalue weighted by molar-refractivity contribution is -0.123. The van der Waals surface area contributed by atoms with E-state index in [9.17, 15) is 4.79 Å². The summed E-state index contributed by atoms with van der Waals surface area (Å²) in [6.45, 7) is 4.87. The van der Waals surface area contributed by atoms with E-state index in [1.807, 2.05) is 0 Å². The first kappa shape index (κ1) is 13.6. The SMILES string of the molecule is COCCNC(=O)C(C)NCc1nnc(C)o1. The number of nitrogens with one attached hydrogen (secondary N) is 2. The van der Waals surface area contributed by atoms with Crippen molar-refractivity contribution in [2.24, 2.45) is 0 Å². The molecule has 1 aromatic rings. The second-order valence-electron chi connectivity index (χ2n) is 3.60. The Hall–Kier alpha value is -1.47. The number of carbonyl (C=O) groups is 1. The first-order valence-corrected chi connectivity index (χ1v) is 5.42. The highest BCUT2D eigenvalue weighted by Gasteiger charge is 2.12. The van der Waals surface area contributed by atoms with Crippen LogP contribution in [0.2, 0.25) is 0 Å². The summed E-state index contributed by atoms with van der Waals surface area (Å²) in [4.78, 5) is 11.5. The van der Waals surface area contributed by atoms with Crippen LogP contribution >= 0.6 is 0 Å². The average molecular weight is 242 g/mol. The van der Waals surface area contributed by atoms with Gasteiger partial charge < -0.3 is 14.5 Å². The zero-order chi connectivity index (χ0) is 12.7. The summed E-state index contributed by atoms with van der Waals surface area (Å²) in [6, 6.07) is -0.320. The molecule has 0 aliphatic carbocycles. The molecule has 0 radical (unpaired) electrons. The lowest BCUT2D eigenvalue weighted by Crippen LogP contribution is -2.42. The number of hydrogen-bond acceptors (Lipinski definition) is 6. The van der Waals surface area contributed by atoms with Crippen LogP contribution in [0.5, 0.6) is 0 Å². The number of hydrogen-bond donors (Lipinski definition) is 2. The third kappa shape index (κ3) is 4.92. The van der Waals surface area contributed by atoms with E-state index >= 15 is 0 Å². The summed E-state index contributed by atoms with van der Waals surface area (Å²) >= 11 is 0. The number of methoxy groups -OCH3 is 1. The van der Waals surface area contributed by atoms with Crippen molar-refractivity contribution in [1.29, 1.82) is 0 Å². The van der Waals surface area contributed by atoms with E-state index in [4.69, 9.17) is 9.15 Å². The van der Waals surface area contributed by atoms with Gasteiger partial charge in [-0.15, -0.1) is 10.2 Å². The van der Waals surface area contributed by atoms with Crippen LogP contribution in [0, 0.1) is 6.92 Å². The highest BCUT2D eigenvalue weighted by atomic mass is 16.5. The highest BCUT2D eigenvalue weighted by molar-refractivity contribution is 5.81. The number of aryl methyl sites for hydroxylation is 1. The van der Waals surface area contributed by atoms with Crippen molar-refractivity contribution in [2.75, 3.05) is 20.3 Å². The van der Waals surface area contributed by atoms with Crippen molar-refractivity contribution < 1.29 is 13.9 Å². The Morgan fingerprint density at radius 3 is 2.88 bits per heavy atom. The molecule has 17 heavy (non-hydrogen) atoms. The summed E-state index contributed by atoms with van der Waals surface area (Å²) in [5.41, 5.74) is 0. The topological polar surface area (TPSA) is 89.3 Å². The van der Waals surface area contributed by atoms with Crippen LogP contribution in [0.1, 0.15) is 18.7 Å². The Balaban J connectivity index is 2.24. The third-order valence-corrected chi connectivity index (χ3v) is 2.13. The minimum Gasteiger partial charge on any atom is -0.424 e. The van der Waals surface area contributed by atoms with Gasteiger partial charge in [0.2, 0.25) is 17.7 Å². The number of carbonyl (C=O) groups excluding carboxylic acids is 1. The van der Waals surface area contributed by atoms with E-state index in [0.717, 1.165) is 0 Å².